The molecule has 0 aliphatic carbocycles. The number of carbonyl (C=O) groups is 2. The number of nitrogens with one attached hydrogen (secondary N) is 1. The largest absolute Gasteiger partial charge is 0.494 e. The molecule has 0 heterocycles. The Balaban J connectivity index is 1.79. The number of sulfonamides is 1. The third-order valence-electron chi connectivity index (χ3n) is 7.20. The van der Waals surface area contributed by atoms with Gasteiger partial charge in [0.05, 0.1) is 17.2 Å². The van der Waals surface area contributed by atoms with Crippen LogP contribution in [0.25, 0.3) is 0 Å². The van der Waals surface area contributed by atoms with Crippen LogP contribution in [0.15, 0.2) is 112 Å². The number of rotatable bonds is 15. The van der Waals surface area contributed by atoms with Gasteiger partial charge in [0.15, 0.2) is 0 Å². The van der Waals surface area contributed by atoms with Gasteiger partial charge in [-0.25, -0.2) is 12.8 Å². The van der Waals surface area contributed by atoms with Gasteiger partial charge in [-0.2, -0.15) is 0 Å². The zero-order valence-electron chi connectivity index (χ0n) is 25.7. The minimum absolute atomic E-state index is 0.0525. The van der Waals surface area contributed by atoms with Crippen molar-refractivity contribution in [3.63, 3.8) is 0 Å². The van der Waals surface area contributed by atoms with Crippen molar-refractivity contribution in [2.24, 2.45) is 0 Å². The molecule has 0 fully saturated rings. The minimum Gasteiger partial charge on any atom is -0.494 e. The summed E-state index contributed by atoms with van der Waals surface area (Å²) < 4.78 is 49.3. The van der Waals surface area contributed by atoms with Crippen molar-refractivity contribution in [3.8, 4) is 5.75 Å². The molecular weight excluding hydrogens is 673 g/mol. The van der Waals surface area contributed by atoms with Crippen LogP contribution in [-0.2, 0) is 32.6 Å². The minimum atomic E-state index is -4.35. The van der Waals surface area contributed by atoms with Gasteiger partial charge in [-0.1, -0.05) is 65.3 Å². The number of hydrogen-bond acceptors (Lipinski definition) is 5. The number of carbonyl (C=O) groups excluding carboxylic acids is 2. The topological polar surface area (TPSA) is 96.0 Å². The Morgan fingerprint density at radius 1 is 0.870 bits per heavy atom. The molecule has 1 atom stereocenters. The summed E-state index contributed by atoms with van der Waals surface area (Å²) in [5.74, 6) is -0.991. The van der Waals surface area contributed by atoms with Gasteiger partial charge < -0.3 is 15.0 Å². The van der Waals surface area contributed by atoms with E-state index in [2.05, 4.69) is 21.2 Å². The van der Waals surface area contributed by atoms with E-state index in [1.165, 1.54) is 4.90 Å². The van der Waals surface area contributed by atoms with E-state index < -0.39 is 34.3 Å². The summed E-state index contributed by atoms with van der Waals surface area (Å²) in [6.07, 6.45) is 0.915. The Morgan fingerprint density at radius 2 is 1.52 bits per heavy atom. The number of anilines is 1. The molecule has 0 aliphatic rings. The van der Waals surface area contributed by atoms with E-state index in [0.29, 0.717) is 25.3 Å². The predicted octanol–water partition coefficient (Wildman–Crippen LogP) is 6.35. The van der Waals surface area contributed by atoms with Crippen molar-refractivity contribution in [1.82, 2.24) is 10.2 Å². The third-order valence-corrected chi connectivity index (χ3v) is 9.52. The van der Waals surface area contributed by atoms with Crippen molar-refractivity contribution >= 4 is 43.5 Å². The van der Waals surface area contributed by atoms with Crippen LogP contribution in [0.3, 0.4) is 0 Å². The van der Waals surface area contributed by atoms with Gasteiger partial charge >= 0.3 is 0 Å². The smallest absolute Gasteiger partial charge is 0.264 e. The van der Waals surface area contributed by atoms with Gasteiger partial charge in [-0.15, -0.1) is 0 Å². The monoisotopic (exact) mass is 709 g/mol. The lowest BCUT2D eigenvalue weighted by Crippen LogP contribution is -2.53. The van der Waals surface area contributed by atoms with Crippen molar-refractivity contribution in [2.75, 3.05) is 24.0 Å². The van der Waals surface area contributed by atoms with Crippen molar-refractivity contribution in [2.45, 2.75) is 44.2 Å². The number of benzene rings is 4. The summed E-state index contributed by atoms with van der Waals surface area (Å²) in [6, 6.07) is 26.5. The Morgan fingerprint density at radius 3 is 2.13 bits per heavy atom. The third kappa shape index (κ3) is 9.17. The summed E-state index contributed by atoms with van der Waals surface area (Å²) in [5.41, 5.74) is 1.81. The highest BCUT2D eigenvalue weighted by atomic mass is 79.9. The number of amides is 2. The maximum atomic E-state index is 14.5. The lowest BCUT2D eigenvalue weighted by Gasteiger charge is -2.34. The molecule has 4 aromatic rings. The molecule has 0 saturated carbocycles. The quantitative estimate of drug-likeness (QED) is 0.155. The predicted molar refractivity (Wildman–Crippen MR) is 180 cm³/mol. The van der Waals surface area contributed by atoms with E-state index in [0.717, 1.165) is 44.2 Å². The maximum Gasteiger partial charge on any atom is 0.264 e. The van der Waals surface area contributed by atoms with Crippen LogP contribution in [0.4, 0.5) is 10.1 Å². The first kappa shape index (κ1) is 34.6. The zero-order chi connectivity index (χ0) is 33.1. The van der Waals surface area contributed by atoms with Crippen molar-refractivity contribution < 1.29 is 27.1 Å². The molecule has 0 saturated heterocycles. The highest BCUT2D eigenvalue weighted by Gasteiger charge is 2.34. The molecule has 0 bridgehead atoms. The molecule has 0 aromatic heterocycles. The fourth-order valence-corrected chi connectivity index (χ4v) is 6.52. The highest BCUT2D eigenvalue weighted by Crippen LogP contribution is 2.27. The second-order valence-electron chi connectivity index (χ2n) is 10.5. The second-order valence-corrected chi connectivity index (χ2v) is 13.3. The lowest BCUT2D eigenvalue weighted by atomic mass is 10.0. The van der Waals surface area contributed by atoms with Crippen LogP contribution >= 0.6 is 15.9 Å². The number of ether oxygens (including phenoxy) is 1. The Hall–Kier alpha value is -4.22. The number of halogens is 2. The van der Waals surface area contributed by atoms with Gasteiger partial charge in [0, 0.05) is 24.0 Å². The first-order valence-electron chi connectivity index (χ1n) is 15.0. The van der Waals surface area contributed by atoms with Crippen LogP contribution in [0.5, 0.6) is 5.75 Å². The Kier molecular flexibility index (Phi) is 12.3. The standard InChI is InChI=1S/C35H37BrFN3O5S/c1-3-22-38-35(42)33(23-26-8-6-5-7-9-26)39(24-27-10-12-28(36)13-11-27)34(41)25-40(30-16-18-31(19-17-30)45-4-2)46(43,44)32-20-14-29(37)15-21-32/h5-21,33H,3-4,22-25H2,1-2H3,(H,38,42)/t33-/m0/s1. The van der Waals surface area contributed by atoms with Crippen LogP contribution in [0, 0.1) is 5.82 Å². The molecule has 4 rings (SSSR count). The Bertz CT molecular complexity index is 1690. The SMILES string of the molecule is CCCNC(=O)[C@H](Cc1ccccc1)N(Cc1ccc(Br)cc1)C(=O)CN(c1ccc(OCC)cc1)S(=O)(=O)c1ccc(F)cc1. The van der Waals surface area contributed by atoms with Gasteiger partial charge in [0.1, 0.15) is 24.2 Å². The van der Waals surface area contributed by atoms with Crippen LogP contribution < -0.4 is 14.4 Å². The van der Waals surface area contributed by atoms with E-state index in [1.54, 1.807) is 24.3 Å². The average molecular weight is 711 g/mol. The zero-order valence-corrected chi connectivity index (χ0v) is 28.1. The van der Waals surface area contributed by atoms with E-state index in [4.69, 9.17) is 4.74 Å². The maximum absolute atomic E-state index is 14.5. The molecule has 4 aromatic carbocycles. The first-order valence-corrected chi connectivity index (χ1v) is 17.2. The summed E-state index contributed by atoms with van der Waals surface area (Å²) >= 11 is 3.44. The molecule has 0 spiro atoms. The molecule has 46 heavy (non-hydrogen) atoms. The second kappa shape index (κ2) is 16.4. The van der Waals surface area contributed by atoms with Crippen LogP contribution in [0.2, 0.25) is 0 Å². The first-order chi connectivity index (χ1) is 22.1. The summed E-state index contributed by atoms with van der Waals surface area (Å²) in [4.78, 5) is 29.4. The van der Waals surface area contributed by atoms with E-state index in [1.807, 2.05) is 68.4 Å². The molecule has 0 aliphatic heterocycles. The molecule has 0 radical (unpaired) electrons. The van der Waals surface area contributed by atoms with Crippen molar-refractivity contribution in [3.05, 3.63) is 125 Å². The number of hydrogen-bond donors (Lipinski definition) is 1. The molecular formula is C35H37BrFN3O5S. The molecule has 2 amide bonds. The van der Waals surface area contributed by atoms with E-state index >= 15 is 0 Å². The van der Waals surface area contributed by atoms with Crippen molar-refractivity contribution in [1.29, 1.82) is 0 Å². The van der Waals surface area contributed by atoms with Gasteiger partial charge in [0.25, 0.3) is 10.0 Å². The molecule has 1 N–H and O–H groups in total. The Labute approximate surface area is 278 Å². The molecule has 242 valence electrons. The van der Waals surface area contributed by atoms with E-state index in [9.17, 15) is 22.4 Å². The van der Waals surface area contributed by atoms with Gasteiger partial charge in [-0.05, 0) is 85.1 Å². The number of nitrogens with zero attached hydrogens (tertiary/aromatic N) is 2. The summed E-state index contributed by atoms with van der Waals surface area (Å²) in [5, 5.41) is 2.93. The lowest BCUT2D eigenvalue weighted by molar-refractivity contribution is -0.140. The molecule has 11 heteroatoms. The normalized spacial score (nSPS) is 11.8. The fourth-order valence-electron chi connectivity index (χ4n) is 4.84. The van der Waals surface area contributed by atoms with Crippen LogP contribution in [-0.4, -0.2) is 50.9 Å². The highest BCUT2D eigenvalue weighted by molar-refractivity contribution is 9.10. The van der Waals surface area contributed by atoms with E-state index in [-0.39, 0.29) is 29.5 Å². The molecule has 8 nitrogen and oxygen atoms in total. The summed E-state index contributed by atoms with van der Waals surface area (Å²) in [6.45, 7) is 4.05. The van der Waals surface area contributed by atoms with Gasteiger partial charge in [0.2, 0.25) is 11.8 Å². The average Bonchev–Trinajstić information content (AvgIpc) is 3.06. The van der Waals surface area contributed by atoms with Gasteiger partial charge in [-0.3, -0.25) is 13.9 Å². The van der Waals surface area contributed by atoms with Crippen LogP contribution in [0.1, 0.15) is 31.4 Å². The summed E-state index contributed by atoms with van der Waals surface area (Å²) in [7, 11) is -4.35. The fraction of sp³-hybridized carbons (Fsp3) is 0.257. The molecule has 0 unspecified atom stereocenters.